The molecule has 5 heteroatoms. The molecule has 1 saturated carbocycles. The van der Waals surface area contributed by atoms with Gasteiger partial charge in [-0.2, -0.15) is 0 Å². The van der Waals surface area contributed by atoms with Crippen LogP contribution in [0.1, 0.15) is 38.2 Å². The Kier molecular flexibility index (Phi) is 5.81. The molecule has 1 aliphatic carbocycles. The van der Waals surface area contributed by atoms with Crippen molar-refractivity contribution in [3.05, 3.63) is 35.9 Å². The van der Waals surface area contributed by atoms with Crippen LogP contribution in [0.5, 0.6) is 0 Å². The van der Waals surface area contributed by atoms with Crippen molar-refractivity contribution in [3.63, 3.8) is 0 Å². The van der Waals surface area contributed by atoms with Crippen molar-refractivity contribution in [2.75, 3.05) is 0 Å². The molecular formula is C17H23NO4. The van der Waals surface area contributed by atoms with Crippen LogP contribution in [0.2, 0.25) is 0 Å². The van der Waals surface area contributed by atoms with Gasteiger partial charge in [0, 0.05) is 0 Å². The lowest BCUT2D eigenvalue weighted by molar-refractivity contribution is -0.141. The zero-order valence-electron chi connectivity index (χ0n) is 12.8. The Hall–Kier alpha value is -2.04. The van der Waals surface area contributed by atoms with E-state index in [1.165, 1.54) is 0 Å². The number of ether oxygens (including phenoxy) is 1. The van der Waals surface area contributed by atoms with Gasteiger partial charge >= 0.3 is 12.1 Å². The number of carboxylic acid groups (broad SMARTS) is 1. The van der Waals surface area contributed by atoms with Gasteiger partial charge in [0.2, 0.25) is 0 Å². The largest absolute Gasteiger partial charge is 0.480 e. The third kappa shape index (κ3) is 4.76. The van der Waals surface area contributed by atoms with Crippen molar-refractivity contribution in [2.24, 2.45) is 11.8 Å². The van der Waals surface area contributed by atoms with E-state index in [-0.39, 0.29) is 12.5 Å². The first-order chi connectivity index (χ1) is 10.6. The van der Waals surface area contributed by atoms with Crippen molar-refractivity contribution in [3.8, 4) is 0 Å². The summed E-state index contributed by atoms with van der Waals surface area (Å²) in [7, 11) is 0. The van der Waals surface area contributed by atoms with Crippen molar-refractivity contribution in [1.29, 1.82) is 0 Å². The molecule has 2 N–H and O–H groups in total. The Morgan fingerprint density at radius 2 is 1.86 bits per heavy atom. The van der Waals surface area contributed by atoms with Crippen LogP contribution < -0.4 is 5.32 Å². The van der Waals surface area contributed by atoms with Crippen LogP contribution in [-0.4, -0.2) is 23.2 Å². The third-order valence-electron chi connectivity index (χ3n) is 4.28. The number of benzene rings is 1. The van der Waals surface area contributed by atoms with Gasteiger partial charge in [-0.05, 0) is 30.2 Å². The minimum Gasteiger partial charge on any atom is -0.480 e. The summed E-state index contributed by atoms with van der Waals surface area (Å²) < 4.78 is 5.11. The van der Waals surface area contributed by atoms with Gasteiger partial charge in [-0.1, -0.05) is 50.1 Å². The van der Waals surface area contributed by atoms with E-state index in [1.807, 2.05) is 30.3 Å². The molecular weight excluding hydrogens is 282 g/mol. The summed E-state index contributed by atoms with van der Waals surface area (Å²) in [5.74, 6) is -0.370. The van der Waals surface area contributed by atoms with Gasteiger partial charge in [0.15, 0.2) is 0 Å². The van der Waals surface area contributed by atoms with Crippen molar-refractivity contribution < 1.29 is 19.4 Å². The van der Waals surface area contributed by atoms with Gasteiger partial charge in [-0.25, -0.2) is 9.59 Å². The van der Waals surface area contributed by atoms with E-state index in [2.05, 4.69) is 12.2 Å². The first-order valence-corrected chi connectivity index (χ1v) is 7.76. The quantitative estimate of drug-likeness (QED) is 0.876. The Balaban J connectivity index is 1.85. The van der Waals surface area contributed by atoms with Crippen LogP contribution in [0.3, 0.4) is 0 Å². The van der Waals surface area contributed by atoms with E-state index in [1.54, 1.807) is 0 Å². The topological polar surface area (TPSA) is 75.6 Å². The van der Waals surface area contributed by atoms with E-state index in [9.17, 15) is 14.7 Å². The molecule has 0 heterocycles. The first-order valence-electron chi connectivity index (χ1n) is 7.76. The number of hydrogen-bond acceptors (Lipinski definition) is 3. The minimum atomic E-state index is -0.990. The Labute approximate surface area is 130 Å². The number of hydrogen-bond donors (Lipinski definition) is 2. The summed E-state index contributed by atoms with van der Waals surface area (Å²) in [5, 5.41) is 11.9. The van der Waals surface area contributed by atoms with Crippen LogP contribution in [0.4, 0.5) is 4.79 Å². The number of amides is 1. The van der Waals surface area contributed by atoms with E-state index < -0.39 is 18.1 Å². The smallest absolute Gasteiger partial charge is 0.408 e. The summed E-state index contributed by atoms with van der Waals surface area (Å²) in [6, 6.07) is 8.44. The highest BCUT2D eigenvalue weighted by Gasteiger charge is 2.32. The van der Waals surface area contributed by atoms with Crippen molar-refractivity contribution in [2.45, 2.75) is 45.3 Å². The monoisotopic (exact) mass is 305 g/mol. The molecule has 1 aromatic carbocycles. The van der Waals surface area contributed by atoms with Gasteiger partial charge in [0.1, 0.15) is 12.6 Å². The third-order valence-corrected chi connectivity index (χ3v) is 4.28. The van der Waals surface area contributed by atoms with Gasteiger partial charge in [0.05, 0.1) is 0 Å². The van der Waals surface area contributed by atoms with Gasteiger partial charge in [0.25, 0.3) is 0 Å². The lowest BCUT2D eigenvalue weighted by Crippen LogP contribution is -2.47. The van der Waals surface area contributed by atoms with Crippen LogP contribution in [-0.2, 0) is 16.1 Å². The Morgan fingerprint density at radius 1 is 1.23 bits per heavy atom. The van der Waals surface area contributed by atoms with Crippen LogP contribution in [0.25, 0.3) is 0 Å². The molecule has 120 valence electrons. The van der Waals surface area contributed by atoms with E-state index in [4.69, 9.17) is 4.74 Å². The number of carboxylic acids is 1. The molecule has 1 atom stereocenters. The maximum atomic E-state index is 11.8. The molecule has 1 aromatic rings. The fourth-order valence-corrected chi connectivity index (χ4v) is 2.89. The molecule has 1 aliphatic rings. The molecule has 22 heavy (non-hydrogen) atoms. The fraction of sp³-hybridized carbons (Fsp3) is 0.529. The molecule has 0 aromatic heterocycles. The number of carbonyl (C=O) groups is 2. The van der Waals surface area contributed by atoms with E-state index >= 15 is 0 Å². The summed E-state index contributed by atoms with van der Waals surface area (Å²) in [6.45, 7) is 2.31. The maximum Gasteiger partial charge on any atom is 0.408 e. The molecule has 0 bridgehead atoms. The lowest BCUT2D eigenvalue weighted by atomic mass is 9.79. The molecule has 0 unspecified atom stereocenters. The molecule has 1 fully saturated rings. The van der Waals surface area contributed by atoms with Gasteiger partial charge < -0.3 is 15.2 Å². The summed E-state index contributed by atoms with van der Waals surface area (Å²) >= 11 is 0. The minimum absolute atomic E-state index is 0.0158. The summed E-state index contributed by atoms with van der Waals surface area (Å²) in [6.07, 6.45) is 3.01. The highest BCUT2D eigenvalue weighted by Crippen LogP contribution is 2.30. The fourth-order valence-electron chi connectivity index (χ4n) is 2.89. The first kappa shape index (κ1) is 16.3. The van der Waals surface area contributed by atoms with Crippen molar-refractivity contribution >= 4 is 12.1 Å². The zero-order chi connectivity index (χ0) is 15.9. The summed E-state index contributed by atoms with van der Waals surface area (Å²) in [4.78, 5) is 23.3. The van der Waals surface area contributed by atoms with E-state index in [0.717, 1.165) is 31.2 Å². The highest BCUT2D eigenvalue weighted by molar-refractivity contribution is 5.80. The highest BCUT2D eigenvalue weighted by atomic mass is 16.5. The number of alkyl carbamates (subject to hydrolysis) is 1. The number of rotatable bonds is 5. The van der Waals surface area contributed by atoms with Gasteiger partial charge in [-0.3, -0.25) is 0 Å². The average Bonchev–Trinajstić information content (AvgIpc) is 2.52. The number of nitrogens with one attached hydrogen (secondary N) is 1. The molecule has 0 radical (unpaired) electrons. The molecule has 0 saturated heterocycles. The standard InChI is InChI=1S/C17H23NO4/c1-12-7-9-14(10-8-12)15(16(19)20)18-17(21)22-11-13-5-3-2-4-6-13/h2-6,12,14-15H,7-11H2,1H3,(H,18,21)(H,19,20)/t12?,14?,15-/m0/s1. The SMILES string of the molecule is CC1CCC([C@H](NC(=O)OCc2ccccc2)C(=O)O)CC1. The zero-order valence-corrected chi connectivity index (χ0v) is 12.8. The lowest BCUT2D eigenvalue weighted by Gasteiger charge is -2.30. The second-order valence-electron chi connectivity index (χ2n) is 6.04. The Morgan fingerprint density at radius 3 is 2.45 bits per heavy atom. The predicted molar refractivity (Wildman–Crippen MR) is 82.3 cm³/mol. The molecule has 5 nitrogen and oxygen atoms in total. The second kappa shape index (κ2) is 7.82. The molecule has 0 aliphatic heterocycles. The van der Waals surface area contributed by atoms with Crippen LogP contribution in [0, 0.1) is 11.8 Å². The van der Waals surface area contributed by atoms with Gasteiger partial charge in [-0.15, -0.1) is 0 Å². The number of aliphatic carboxylic acids is 1. The predicted octanol–water partition coefficient (Wildman–Crippen LogP) is 3.19. The molecule has 2 rings (SSSR count). The Bertz CT molecular complexity index is 495. The number of carbonyl (C=O) groups excluding carboxylic acids is 1. The van der Waals surface area contributed by atoms with Crippen LogP contribution in [0.15, 0.2) is 30.3 Å². The van der Waals surface area contributed by atoms with Crippen molar-refractivity contribution in [1.82, 2.24) is 5.32 Å². The van der Waals surface area contributed by atoms with E-state index in [0.29, 0.717) is 5.92 Å². The molecule has 1 amide bonds. The van der Waals surface area contributed by atoms with Crippen LogP contribution >= 0.6 is 0 Å². The molecule has 0 spiro atoms. The maximum absolute atomic E-state index is 11.8. The summed E-state index contributed by atoms with van der Waals surface area (Å²) in [5.41, 5.74) is 0.871. The second-order valence-corrected chi connectivity index (χ2v) is 6.04. The average molecular weight is 305 g/mol. The normalized spacial score (nSPS) is 22.6.